The molecule has 0 unspecified atom stereocenters. The van der Waals surface area contributed by atoms with Crippen molar-refractivity contribution >= 4 is 56.6 Å². The maximum atomic E-state index is 12.8. The number of sulfonamides is 1. The number of hydrogen-bond donors (Lipinski definition) is 1. The summed E-state index contributed by atoms with van der Waals surface area (Å²) in [5, 5.41) is 0.603. The van der Waals surface area contributed by atoms with Crippen LogP contribution in [0.1, 0.15) is 23.2 Å². The normalized spacial score (nSPS) is 14.4. The number of rotatable bonds is 5. The van der Waals surface area contributed by atoms with Crippen molar-refractivity contribution < 1.29 is 13.2 Å². The lowest BCUT2D eigenvalue weighted by Crippen LogP contribution is -2.28. The summed E-state index contributed by atoms with van der Waals surface area (Å²) in [5.41, 5.74) is 0.622. The lowest BCUT2D eigenvalue weighted by Gasteiger charge is -2.18. The minimum Gasteiger partial charge on any atom is -0.339 e. The number of carbonyl (C=O) groups is 1. The molecule has 0 aliphatic carbocycles. The summed E-state index contributed by atoms with van der Waals surface area (Å²) >= 11 is 13.3. The third-order valence-corrected chi connectivity index (χ3v) is 6.99. The molecule has 27 heavy (non-hydrogen) atoms. The zero-order valence-electron chi connectivity index (χ0n) is 14.5. The Labute approximate surface area is 173 Å². The van der Waals surface area contributed by atoms with Gasteiger partial charge in [-0.3, -0.25) is 9.52 Å². The molecule has 1 N–H and O–H groups in total. The molecule has 0 saturated carbocycles. The van der Waals surface area contributed by atoms with Gasteiger partial charge in [0, 0.05) is 23.0 Å². The summed E-state index contributed by atoms with van der Waals surface area (Å²) in [6.45, 7) is 1.39. The number of likely N-dealkylation sites (tertiary alicyclic amines) is 1. The summed E-state index contributed by atoms with van der Waals surface area (Å²) in [5.74, 6) is -0.140. The monoisotopic (exact) mass is 444 g/mol. The van der Waals surface area contributed by atoms with Gasteiger partial charge in [0.05, 0.1) is 21.2 Å². The molecule has 144 valence electrons. The molecule has 1 saturated heterocycles. The largest absolute Gasteiger partial charge is 0.339 e. The van der Waals surface area contributed by atoms with Gasteiger partial charge in [0.2, 0.25) is 0 Å². The molecule has 5 nitrogen and oxygen atoms in total. The van der Waals surface area contributed by atoms with Gasteiger partial charge >= 0.3 is 0 Å². The second-order valence-corrected chi connectivity index (χ2v) is 9.47. The lowest BCUT2D eigenvalue weighted by molar-refractivity contribution is 0.0789. The molecule has 1 fully saturated rings. The first-order valence-electron chi connectivity index (χ1n) is 8.27. The van der Waals surface area contributed by atoms with E-state index < -0.39 is 10.0 Å². The first-order chi connectivity index (χ1) is 12.8. The predicted octanol–water partition coefficient (Wildman–Crippen LogP) is 4.75. The van der Waals surface area contributed by atoms with E-state index in [9.17, 15) is 13.2 Å². The van der Waals surface area contributed by atoms with Gasteiger partial charge in [-0.15, -0.1) is 11.8 Å². The van der Waals surface area contributed by atoms with Crippen LogP contribution in [0.3, 0.4) is 0 Å². The third kappa shape index (κ3) is 4.54. The highest BCUT2D eigenvalue weighted by Crippen LogP contribution is 2.30. The van der Waals surface area contributed by atoms with Gasteiger partial charge in [0.15, 0.2) is 0 Å². The number of nitrogens with one attached hydrogen (secondary N) is 1. The molecule has 9 heteroatoms. The van der Waals surface area contributed by atoms with Crippen molar-refractivity contribution in [2.75, 3.05) is 24.1 Å². The molecule has 0 bridgehead atoms. The van der Waals surface area contributed by atoms with Crippen molar-refractivity contribution in [2.45, 2.75) is 22.6 Å². The second-order valence-electron chi connectivity index (χ2n) is 6.09. The van der Waals surface area contributed by atoms with E-state index in [1.54, 1.807) is 17.0 Å². The van der Waals surface area contributed by atoms with Crippen molar-refractivity contribution in [2.24, 2.45) is 0 Å². The van der Waals surface area contributed by atoms with E-state index in [4.69, 9.17) is 23.2 Å². The summed E-state index contributed by atoms with van der Waals surface area (Å²) in [6.07, 6.45) is 3.79. The van der Waals surface area contributed by atoms with Crippen molar-refractivity contribution in [3.8, 4) is 0 Å². The minimum atomic E-state index is -3.91. The number of thioether (sulfide) groups is 1. The Bertz CT molecular complexity index is 975. The molecule has 0 aromatic heterocycles. The van der Waals surface area contributed by atoms with Gasteiger partial charge < -0.3 is 4.90 Å². The molecule has 0 atom stereocenters. The highest BCUT2D eigenvalue weighted by atomic mass is 35.5. The zero-order chi connectivity index (χ0) is 19.6. The van der Waals surface area contributed by atoms with Crippen LogP contribution >= 0.6 is 35.0 Å². The average molecular weight is 445 g/mol. The predicted molar refractivity (Wildman–Crippen MR) is 111 cm³/mol. The fourth-order valence-corrected chi connectivity index (χ4v) is 5.08. The van der Waals surface area contributed by atoms with Crippen LogP contribution in [0.4, 0.5) is 5.69 Å². The van der Waals surface area contributed by atoms with Gasteiger partial charge in [0.1, 0.15) is 0 Å². The summed E-state index contributed by atoms with van der Waals surface area (Å²) in [7, 11) is -3.91. The molecule has 3 rings (SSSR count). The molecule has 2 aromatic rings. The topological polar surface area (TPSA) is 66.5 Å². The van der Waals surface area contributed by atoms with Crippen LogP contribution in [0.5, 0.6) is 0 Å². The first kappa shape index (κ1) is 20.3. The Morgan fingerprint density at radius 1 is 1.11 bits per heavy atom. The van der Waals surface area contributed by atoms with E-state index in [0.717, 1.165) is 17.7 Å². The number of carbonyl (C=O) groups excluding carboxylic acids is 1. The van der Waals surface area contributed by atoms with Crippen LogP contribution in [-0.4, -0.2) is 38.6 Å². The Hall–Kier alpha value is -1.41. The molecule has 1 aliphatic heterocycles. The van der Waals surface area contributed by atoms with Gasteiger partial charge in [0.25, 0.3) is 15.9 Å². The number of halogens is 2. The van der Waals surface area contributed by atoms with Crippen molar-refractivity contribution in [3.63, 3.8) is 0 Å². The Morgan fingerprint density at radius 2 is 1.81 bits per heavy atom. The van der Waals surface area contributed by atoms with Gasteiger partial charge in [-0.2, -0.15) is 0 Å². The van der Waals surface area contributed by atoms with Crippen LogP contribution in [0.15, 0.2) is 46.2 Å². The molecule has 2 aromatic carbocycles. The Balaban J connectivity index is 1.95. The zero-order valence-corrected chi connectivity index (χ0v) is 17.7. The quantitative estimate of drug-likeness (QED) is 0.675. The number of hydrogen-bond acceptors (Lipinski definition) is 4. The van der Waals surface area contributed by atoms with E-state index in [-0.39, 0.29) is 21.5 Å². The van der Waals surface area contributed by atoms with Gasteiger partial charge in [-0.05, 0) is 55.5 Å². The summed E-state index contributed by atoms with van der Waals surface area (Å²) in [6, 6.07) is 9.07. The minimum absolute atomic E-state index is 0.00821. The van der Waals surface area contributed by atoms with Crippen LogP contribution in [0.2, 0.25) is 10.0 Å². The molecule has 0 spiro atoms. The molecule has 1 amide bonds. The van der Waals surface area contributed by atoms with Crippen LogP contribution in [-0.2, 0) is 10.0 Å². The number of anilines is 1. The lowest BCUT2D eigenvalue weighted by atomic mass is 10.2. The Kier molecular flexibility index (Phi) is 6.25. The van der Waals surface area contributed by atoms with Gasteiger partial charge in [-0.25, -0.2) is 8.42 Å². The summed E-state index contributed by atoms with van der Waals surface area (Å²) in [4.78, 5) is 15.3. The maximum absolute atomic E-state index is 12.8. The first-order valence-corrected chi connectivity index (χ1v) is 11.7. The van der Waals surface area contributed by atoms with E-state index in [1.165, 1.54) is 36.0 Å². The molecule has 0 radical (unpaired) electrons. The van der Waals surface area contributed by atoms with Crippen molar-refractivity contribution in [1.29, 1.82) is 0 Å². The van der Waals surface area contributed by atoms with E-state index in [0.29, 0.717) is 23.7 Å². The van der Waals surface area contributed by atoms with Crippen LogP contribution < -0.4 is 4.72 Å². The number of benzene rings is 2. The number of nitrogens with zero attached hydrogens (tertiary/aromatic N) is 1. The highest BCUT2D eigenvalue weighted by molar-refractivity contribution is 7.98. The van der Waals surface area contributed by atoms with Crippen LogP contribution in [0.25, 0.3) is 0 Å². The smallest absolute Gasteiger partial charge is 0.261 e. The molecule has 1 aliphatic rings. The average Bonchev–Trinajstić information content (AvgIpc) is 3.17. The third-order valence-electron chi connectivity index (χ3n) is 4.28. The maximum Gasteiger partial charge on any atom is 0.261 e. The van der Waals surface area contributed by atoms with Gasteiger partial charge in [-0.1, -0.05) is 23.2 Å². The highest BCUT2D eigenvalue weighted by Gasteiger charge is 2.25. The molecular formula is C18H18Cl2N2O3S2. The number of amides is 1. The van der Waals surface area contributed by atoms with E-state index in [1.807, 2.05) is 6.26 Å². The van der Waals surface area contributed by atoms with Crippen molar-refractivity contribution in [3.05, 3.63) is 52.0 Å². The van der Waals surface area contributed by atoms with E-state index in [2.05, 4.69) is 4.72 Å². The molecule has 1 heterocycles. The standard InChI is InChI=1S/C18H18Cl2N2O3S2/c1-26-17-7-5-13(11-14(17)18(23)22-8-2-3-9-22)27(24,25)21-16-6-4-12(19)10-15(16)20/h4-7,10-11,21H,2-3,8-9H2,1H3. The SMILES string of the molecule is CSc1ccc(S(=O)(=O)Nc2ccc(Cl)cc2Cl)cc1C(=O)N1CCCC1. The fraction of sp³-hybridized carbons (Fsp3) is 0.278. The van der Waals surface area contributed by atoms with Crippen LogP contribution in [0, 0.1) is 0 Å². The second kappa shape index (κ2) is 8.31. The fourth-order valence-electron chi connectivity index (χ4n) is 2.89. The van der Waals surface area contributed by atoms with E-state index >= 15 is 0 Å². The Morgan fingerprint density at radius 3 is 2.44 bits per heavy atom. The van der Waals surface area contributed by atoms with Crippen molar-refractivity contribution in [1.82, 2.24) is 4.90 Å². The molecular weight excluding hydrogens is 427 g/mol. The summed E-state index contributed by atoms with van der Waals surface area (Å²) < 4.78 is 28.1.